The Bertz CT molecular complexity index is 865. The van der Waals surface area contributed by atoms with Gasteiger partial charge in [0.2, 0.25) is 5.91 Å². The van der Waals surface area contributed by atoms with E-state index in [4.69, 9.17) is 23.8 Å². The van der Waals surface area contributed by atoms with Crippen LogP contribution in [0.2, 0.25) is 5.02 Å². The summed E-state index contributed by atoms with van der Waals surface area (Å²) in [6, 6.07) is 14.1. The Morgan fingerprint density at radius 3 is 2.42 bits per heavy atom. The van der Waals surface area contributed by atoms with E-state index in [1.54, 1.807) is 56.6 Å². The van der Waals surface area contributed by atoms with Gasteiger partial charge in [0.1, 0.15) is 0 Å². The summed E-state index contributed by atoms with van der Waals surface area (Å²) in [7, 11) is 3.33. The number of amides is 2. The molecule has 0 saturated heterocycles. The number of halogens is 1. The molecule has 0 heterocycles. The highest BCUT2D eigenvalue weighted by molar-refractivity contribution is 7.80. The van der Waals surface area contributed by atoms with Crippen LogP contribution < -0.4 is 10.6 Å². The van der Waals surface area contributed by atoms with Crippen LogP contribution in [0.15, 0.2) is 54.6 Å². The zero-order valence-electron chi connectivity index (χ0n) is 14.3. The lowest BCUT2D eigenvalue weighted by molar-refractivity contribution is -0.115. The van der Waals surface area contributed by atoms with Crippen molar-refractivity contribution in [3.05, 3.63) is 70.8 Å². The highest BCUT2D eigenvalue weighted by atomic mass is 35.5. The predicted octanol–water partition coefficient (Wildman–Crippen LogP) is 3.57. The average molecular weight is 388 g/mol. The van der Waals surface area contributed by atoms with Crippen molar-refractivity contribution in [3.63, 3.8) is 0 Å². The summed E-state index contributed by atoms with van der Waals surface area (Å²) in [5, 5.41) is 6.06. The maximum Gasteiger partial charge on any atom is 0.255 e. The Hall–Kier alpha value is -2.70. The number of hydrogen-bond acceptors (Lipinski definition) is 3. The Labute approximate surface area is 162 Å². The van der Waals surface area contributed by atoms with Gasteiger partial charge in [-0.15, -0.1) is 0 Å². The summed E-state index contributed by atoms with van der Waals surface area (Å²) >= 11 is 11.2. The Morgan fingerprint density at radius 1 is 1.08 bits per heavy atom. The second kappa shape index (κ2) is 9.12. The van der Waals surface area contributed by atoms with E-state index in [1.165, 1.54) is 11.0 Å². The maximum absolute atomic E-state index is 12.2. The highest BCUT2D eigenvalue weighted by Crippen LogP contribution is 2.17. The van der Waals surface area contributed by atoms with E-state index in [0.717, 1.165) is 5.56 Å². The number of carbonyl (C=O) groups excluding carboxylic acids is 2. The van der Waals surface area contributed by atoms with E-state index in [2.05, 4.69) is 10.6 Å². The van der Waals surface area contributed by atoms with Crippen LogP contribution in [0.5, 0.6) is 0 Å². The third-order valence-electron chi connectivity index (χ3n) is 3.37. The number of para-hydroxylation sites is 1. The number of hydrogen-bond donors (Lipinski definition) is 2. The van der Waals surface area contributed by atoms with Crippen LogP contribution in [0.4, 0.5) is 5.69 Å². The lowest BCUT2D eigenvalue weighted by atomic mass is 10.1. The zero-order valence-corrected chi connectivity index (χ0v) is 15.9. The fourth-order valence-electron chi connectivity index (χ4n) is 2.10. The fourth-order valence-corrected chi connectivity index (χ4v) is 2.51. The number of benzene rings is 2. The van der Waals surface area contributed by atoms with Crippen molar-refractivity contribution in [3.8, 4) is 0 Å². The van der Waals surface area contributed by atoms with Crippen molar-refractivity contribution in [1.29, 1.82) is 0 Å². The summed E-state index contributed by atoms with van der Waals surface area (Å²) in [5.41, 5.74) is 1.71. The van der Waals surface area contributed by atoms with Crippen LogP contribution in [-0.2, 0) is 4.79 Å². The van der Waals surface area contributed by atoms with Crippen molar-refractivity contribution in [2.75, 3.05) is 19.4 Å². The monoisotopic (exact) mass is 387 g/mol. The van der Waals surface area contributed by atoms with Crippen LogP contribution in [0.3, 0.4) is 0 Å². The van der Waals surface area contributed by atoms with E-state index in [-0.39, 0.29) is 11.0 Å². The van der Waals surface area contributed by atoms with Gasteiger partial charge in [0, 0.05) is 25.2 Å². The number of nitrogens with one attached hydrogen (secondary N) is 2. The molecular weight excluding hydrogens is 370 g/mol. The van der Waals surface area contributed by atoms with E-state index < -0.39 is 5.91 Å². The van der Waals surface area contributed by atoms with Gasteiger partial charge in [-0.25, -0.2) is 0 Å². The predicted molar refractivity (Wildman–Crippen MR) is 109 cm³/mol. The Kier molecular flexibility index (Phi) is 6.89. The maximum atomic E-state index is 12.2. The van der Waals surface area contributed by atoms with Gasteiger partial charge in [-0.2, -0.15) is 0 Å². The lowest BCUT2D eigenvalue weighted by Gasteiger charge is -2.15. The molecule has 2 rings (SSSR count). The molecule has 0 spiro atoms. The third kappa shape index (κ3) is 5.40. The van der Waals surface area contributed by atoms with Crippen molar-refractivity contribution < 1.29 is 9.59 Å². The quantitative estimate of drug-likeness (QED) is 0.622. The molecular formula is C19H18ClN3O2S. The van der Waals surface area contributed by atoms with Crippen LogP contribution >= 0.6 is 23.8 Å². The molecule has 0 aliphatic heterocycles. The molecule has 0 radical (unpaired) electrons. The van der Waals surface area contributed by atoms with Gasteiger partial charge in [-0.1, -0.05) is 41.9 Å². The van der Waals surface area contributed by atoms with Crippen LogP contribution in [-0.4, -0.2) is 35.9 Å². The molecule has 0 aliphatic rings. The van der Waals surface area contributed by atoms with Gasteiger partial charge in [0.25, 0.3) is 5.91 Å². The standard InChI is InChI=1S/C19H18ClN3O2S/c1-23(2)18(25)14-8-4-6-10-16(14)21-19(26)22-17(24)12-11-13-7-3-5-9-15(13)20/h3-12H,1-2H3,(H2,21,22,24,26)/b12-11+. The van der Waals surface area contributed by atoms with Crippen molar-refractivity contribution in [2.45, 2.75) is 0 Å². The molecule has 0 saturated carbocycles. The Morgan fingerprint density at radius 2 is 1.73 bits per heavy atom. The minimum atomic E-state index is -0.404. The molecule has 0 unspecified atom stereocenters. The second-order valence-electron chi connectivity index (χ2n) is 5.54. The first kappa shape index (κ1) is 19.6. The summed E-state index contributed by atoms with van der Waals surface area (Å²) in [4.78, 5) is 25.7. The molecule has 2 N–H and O–H groups in total. The number of carbonyl (C=O) groups is 2. The molecule has 26 heavy (non-hydrogen) atoms. The molecule has 2 amide bonds. The minimum absolute atomic E-state index is 0.0952. The van der Waals surface area contributed by atoms with Crippen molar-refractivity contribution in [1.82, 2.24) is 10.2 Å². The van der Waals surface area contributed by atoms with E-state index in [1.807, 2.05) is 12.1 Å². The third-order valence-corrected chi connectivity index (χ3v) is 3.92. The largest absolute Gasteiger partial charge is 0.345 e. The van der Waals surface area contributed by atoms with Crippen LogP contribution in [0.1, 0.15) is 15.9 Å². The van der Waals surface area contributed by atoms with Gasteiger partial charge < -0.3 is 10.2 Å². The minimum Gasteiger partial charge on any atom is -0.345 e. The first-order valence-electron chi connectivity index (χ1n) is 7.73. The molecule has 0 atom stereocenters. The zero-order chi connectivity index (χ0) is 19.1. The molecule has 0 aromatic heterocycles. The molecule has 134 valence electrons. The number of nitrogens with zero attached hydrogens (tertiary/aromatic N) is 1. The van der Waals surface area contributed by atoms with Crippen LogP contribution in [0.25, 0.3) is 6.08 Å². The number of thiocarbonyl (C=S) groups is 1. The second-order valence-corrected chi connectivity index (χ2v) is 6.36. The molecule has 0 fully saturated rings. The molecule has 7 heteroatoms. The van der Waals surface area contributed by atoms with Gasteiger partial charge >= 0.3 is 0 Å². The van der Waals surface area contributed by atoms with E-state index >= 15 is 0 Å². The Balaban J connectivity index is 2.02. The smallest absolute Gasteiger partial charge is 0.255 e. The SMILES string of the molecule is CN(C)C(=O)c1ccccc1NC(=S)NC(=O)/C=C/c1ccccc1Cl. The molecule has 2 aromatic carbocycles. The number of rotatable bonds is 4. The van der Waals surface area contributed by atoms with Gasteiger partial charge in [0.15, 0.2) is 5.11 Å². The van der Waals surface area contributed by atoms with Crippen LogP contribution in [0, 0.1) is 0 Å². The van der Waals surface area contributed by atoms with Gasteiger partial charge in [-0.05, 0) is 42.1 Å². The highest BCUT2D eigenvalue weighted by Gasteiger charge is 2.13. The number of anilines is 1. The average Bonchev–Trinajstić information content (AvgIpc) is 2.60. The summed E-state index contributed by atoms with van der Waals surface area (Å²) in [6.07, 6.45) is 2.94. The van der Waals surface area contributed by atoms with Crippen molar-refractivity contribution in [2.24, 2.45) is 0 Å². The van der Waals surface area contributed by atoms with Gasteiger partial charge in [-0.3, -0.25) is 14.9 Å². The molecule has 2 aromatic rings. The molecule has 0 aliphatic carbocycles. The summed E-state index contributed by atoms with van der Waals surface area (Å²) in [6.45, 7) is 0. The first-order valence-corrected chi connectivity index (χ1v) is 8.52. The summed E-state index contributed by atoms with van der Waals surface area (Å²) < 4.78 is 0. The lowest BCUT2D eigenvalue weighted by Crippen LogP contribution is -2.33. The normalized spacial score (nSPS) is 10.4. The van der Waals surface area contributed by atoms with Crippen molar-refractivity contribution >= 4 is 52.5 Å². The summed E-state index contributed by atoms with van der Waals surface area (Å²) in [5.74, 6) is -0.570. The van der Waals surface area contributed by atoms with E-state index in [9.17, 15) is 9.59 Å². The molecule has 0 bridgehead atoms. The molecule has 5 nitrogen and oxygen atoms in total. The topological polar surface area (TPSA) is 61.4 Å². The fraction of sp³-hybridized carbons (Fsp3) is 0.105. The first-order chi connectivity index (χ1) is 12.4. The van der Waals surface area contributed by atoms with E-state index in [0.29, 0.717) is 16.3 Å². The van der Waals surface area contributed by atoms with Gasteiger partial charge in [0.05, 0.1) is 11.3 Å².